The van der Waals surface area contributed by atoms with Gasteiger partial charge in [0.25, 0.3) is 5.69 Å². The number of nitrogens with one attached hydrogen (secondary N) is 1. The molecule has 0 aliphatic heterocycles. The fourth-order valence-corrected chi connectivity index (χ4v) is 1.90. The second-order valence-electron chi connectivity index (χ2n) is 4.29. The molecule has 0 radical (unpaired) electrons. The molecule has 2 aromatic carbocycles. The summed E-state index contributed by atoms with van der Waals surface area (Å²) in [6.07, 6.45) is 0. The van der Waals surface area contributed by atoms with Crippen molar-refractivity contribution in [3.63, 3.8) is 0 Å². The monoisotopic (exact) mass is 276 g/mol. The average Bonchev–Trinajstić information content (AvgIpc) is 2.37. The normalized spacial score (nSPS) is 10.2. The van der Waals surface area contributed by atoms with Gasteiger partial charge in [-0.15, -0.1) is 0 Å². The summed E-state index contributed by atoms with van der Waals surface area (Å²) in [4.78, 5) is 10.4. The quantitative estimate of drug-likeness (QED) is 0.673. The van der Waals surface area contributed by atoms with E-state index in [4.69, 9.17) is 11.6 Å². The Morgan fingerprint density at radius 3 is 2.53 bits per heavy atom. The largest absolute Gasteiger partial charge is 0.381 e. The van der Waals surface area contributed by atoms with E-state index < -0.39 is 0 Å². The maximum atomic E-state index is 10.8. The van der Waals surface area contributed by atoms with Gasteiger partial charge in [-0.25, -0.2) is 0 Å². The molecule has 4 nitrogen and oxygen atoms in total. The van der Waals surface area contributed by atoms with Crippen LogP contribution in [0.25, 0.3) is 0 Å². The van der Waals surface area contributed by atoms with Crippen LogP contribution in [0, 0.1) is 17.0 Å². The van der Waals surface area contributed by atoms with Crippen LogP contribution >= 0.6 is 11.6 Å². The van der Waals surface area contributed by atoms with Gasteiger partial charge in [-0.3, -0.25) is 10.1 Å². The predicted molar refractivity (Wildman–Crippen MR) is 76.6 cm³/mol. The topological polar surface area (TPSA) is 55.2 Å². The van der Waals surface area contributed by atoms with Crippen molar-refractivity contribution in [2.75, 3.05) is 5.32 Å². The van der Waals surface area contributed by atoms with Gasteiger partial charge < -0.3 is 5.32 Å². The third-order valence-corrected chi connectivity index (χ3v) is 2.93. The second kappa shape index (κ2) is 5.71. The van der Waals surface area contributed by atoms with Gasteiger partial charge in [-0.05, 0) is 36.2 Å². The summed E-state index contributed by atoms with van der Waals surface area (Å²) in [5, 5.41) is 14.6. The molecule has 0 bridgehead atoms. The minimum absolute atomic E-state index is 0.0959. The third kappa shape index (κ3) is 3.69. The molecular formula is C14H13ClN2O2. The van der Waals surface area contributed by atoms with E-state index in [1.54, 1.807) is 6.07 Å². The zero-order valence-corrected chi connectivity index (χ0v) is 11.1. The van der Waals surface area contributed by atoms with Gasteiger partial charge in [0.1, 0.15) is 0 Å². The van der Waals surface area contributed by atoms with Gasteiger partial charge in [0, 0.05) is 29.4 Å². The number of nitro groups is 1. The van der Waals surface area contributed by atoms with Crippen molar-refractivity contribution in [2.24, 2.45) is 0 Å². The van der Waals surface area contributed by atoms with Crippen molar-refractivity contribution in [3.8, 4) is 0 Å². The standard InChI is InChI=1S/C14H13ClN2O2/c1-10-6-13(8-14(7-10)17(18)19)16-9-11-2-4-12(15)5-3-11/h2-8,16H,9H2,1H3. The molecule has 1 N–H and O–H groups in total. The summed E-state index contributed by atoms with van der Waals surface area (Å²) in [7, 11) is 0. The summed E-state index contributed by atoms with van der Waals surface area (Å²) in [6.45, 7) is 2.43. The number of non-ortho nitro benzene ring substituents is 1. The number of halogens is 1. The lowest BCUT2D eigenvalue weighted by molar-refractivity contribution is -0.384. The number of nitrogens with zero attached hydrogens (tertiary/aromatic N) is 1. The molecule has 0 saturated carbocycles. The minimum Gasteiger partial charge on any atom is -0.381 e. The van der Waals surface area contributed by atoms with Gasteiger partial charge in [0.15, 0.2) is 0 Å². The number of anilines is 1. The molecule has 2 rings (SSSR count). The lowest BCUT2D eigenvalue weighted by Crippen LogP contribution is -2.00. The van der Waals surface area contributed by atoms with Gasteiger partial charge in [-0.2, -0.15) is 0 Å². The Morgan fingerprint density at radius 2 is 1.89 bits per heavy atom. The molecule has 19 heavy (non-hydrogen) atoms. The maximum absolute atomic E-state index is 10.8. The first-order chi connectivity index (χ1) is 9.04. The molecule has 0 amide bonds. The maximum Gasteiger partial charge on any atom is 0.271 e. The molecule has 0 aromatic heterocycles. The third-order valence-electron chi connectivity index (χ3n) is 2.68. The van der Waals surface area contributed by atoms with Crippen molar-refractivity contribution >= 4 is 23.0 Å². The lowest BCUT2D eigenvalue weighted by atomic mass is 10.2. The Labute approximate surface area is 116 Å². The molecule has 0 aliphatic rings. The Hall–Kier alpha value is -2.07. The zero-order valence-electron chi connectivity index (χ0n) is 10.4. The Bertz CT molecular complexity index is 597. The number of rotatable bonds is 4. The number of hydrogen-bond acceptors (Lipinski definition) is 3. The van der Waals surface area contributed by atoms with Crippen LogP contribution in [0.4, 0.5) is 11.4 Å². The number of benzene rings is 2. The molecular weight excluding hydrogens is 264 g/mol. The van der Waals surface area contributed by atoms with Gasteiger partial charge >= 0.3 is 0 Å². The van der Waals surface area contributed by atoms with Gasteiger partial charge in [0.05, 0.1) is 4.92 Å². The Kier molecular flexibility index (Phi) is 4.02. The predicted octanol–water partition coefficient (Wildman–Crippen LogP) is 4.17. The minimum atomic E-state index is -0.388. The number of aryl methyl sites for hydroxylation is 1. The first-order valence-corrected chi connectivity index (χ1v) is 6.17. The van der Waals surface area contributed by atoms with E-state index >= 15 is 0 Å². The fraction of sp³-hybridized carbons (Fsp3) is 0.143. The second-order valence-corrected chi connectivity index (χ2v) is 4.73. The van der Waals surface area contributed by atoms with Crippen molar-refractivity contribution in [1.29, 1.82) is 0 Å². The highest BCUT2D eigenvalue weighted by molar-refractivity contribution is 6.30. The first-order valence-electron chi connectivity index (χ1n) is 5.79. The summed E-state index contributed by atoms with van der Waals surface area (Å²) >= 11 is 5.81. The van der Waals surface area contributed by atoms with Crippen LogP contribution in [0.1, 0.15) is 11.1 Å². The average molecular weight is 277 g/mol. The van der Waals surface area contributed by atoms with E-state index in [9.17, 15) is 10.1 Å². The van der Waals surface area contributed by atoms with Gasteiger partial charge in [0.2, 0.25) is 0 Å². The smallest absolute Gasteiger partial charge is 0.271 e. The van der Waals surface area contributed by atoms with Crippen LogP contribution < -0.4 is 5.32 Å². The molecule has 0 unspecified atom stereocenters. The van der Waals surface area contributed by atoms with E-state index in [0.29, 0.717) is 11.6 Å². The van der Waals surface area contributed by atoms with Crippen molar-refractivity contribution < 1.29 is 4.92 Å². The number of nitro benzene ring substituents is 1. The molecule has 0 spiro atoms. The first kappa shape index (κ1) is 13.4. The molecule has 5 heteroatoms. The summed E-state index contributed by atoms with van der Waals surface area (Å²) in [5.74, 6) is 0. The van der Waals surface area contributed by atoms with E-state index in [-0.39, 0.29) is 10.6 Å². The molecule has 98 valence electrons. The zero-order chi connectivity index (χ0) is 13.8. The van der Waals surface area contributed by atoms with Crippen LogP contribution in [0.3, 0.4) is 0 Å². The molecule has 2 aromatic rings. The molecule has 0 atom stereocenters. The van der Waals surface area contributed by atoms with Crippen molar-refractivity contribution in [3.05, 3.63) is 68.7 Å². The number of hydrogen-bond donors (Lipinski definition) is 1. The van der Waals surface area contributed by atoms with Gasteiger partial charge in [-0.1, -0.05) is 23.7 Å². The van der Waals surface area contributed by atoms with Crippen LogP contribution in [0.15, 0.2) is 42.5 Å². The van der Waals surface area contributed by atoms with Crippen molar-refractivity contribution in [1.82, 2.24) is 0 Å². The molecule has 0 fully saturated rings. The lowest BCUT2D eigenvalue weighted by Gasteiger charge is -2.07. The summed E-state index contributed by atoms with van der Waals surface area (Å²) < 4.78 is 0. The van der Waals surface area contributed by atoms with Crippen LogP contribution in [0.2, 0.25) is 5.02 Å². The van der Waals surface area contributed by atoms with E-state index in [1.807, 2.05) is 37.3 Å². The van der Waals surface area contributed by atoms with E-state index in [2.05, 4.69) is 5.32 Å². The molecule has 0 heterocycles. The van der Waals surface area contributed by atoms with Crippen LogP contribution in [0.5, 0.6) is 0 Å². The van der Waals surface area contributed by atoms with Crippen molar-refractivity contribution in [2.45, 2.75) is 13.5 Å². The summed E-state index contributed by atoms with van der Waals surface area (Å²) in [6, 6.07) is 12.4. The van der Waals surface area contributed by atoms with E-state index in [1.165, 1.54) is 6.07 Å². The highest BCUT2D eigenvalue weighted by Gasteiger charge is 2.07. The van der Waals surface area contributed by atoms with E-state index in [0.717, 1.165) is 16.8 Å². The highest BCUT2D eigenvalue weighted by atomic mass is 35.5. The highest BCUT2D eigenvalue weighted by Crippen LogP contribution is 2.21. The summed E-state index contributed by atoms with van der Waals surface area (Å²) in [5.41, 5.74) is 2.75. The Morgan fingerprint density at radius 1 is 1.21 bits per heavy atom. The molecule has 0 aliphatic carbocycles. The molecule has 0 saturated heterocycles. The Balaban J connectivity index is 2.11. The van der Waals surface area contributed by atoms with Crippen LogP contribution in [-0.4, -0.2) is 4.92 Å². The fourth-order valence-electron chi connectivity index (χ4n) is 1.78. The SMILES string of the molecule is Cc1cc(NCc2ccc(Cl)cc2)cc([N+](=O)[O-])c1. The van der Waals surface area contributed by atoms with Crippen LogP contribution in [-0.2, 0) is 6.54 Å².